The summed E-state index contributed by atoms with van der Waals surface area (Å²) in [6.45, 7) is 10.9. The van der Waals surface area contributed by atoms with Crippen LogP contribution in [-0.2, 0) is 0 Å². The van der Waals surface area contributed by atoms with Crippen molar-refractivity contribution in [2.75, 3.05) is 5.43 Å². The van der Waals surface area contributed by atoms with E-state index in [4.69, 9.17) is 0 Å². The van der Waals surface area contributed by atoms with Crippen LogP contribution in [0.4, 0.5) is 5.69 Å². The molecule has 2 rings (SSSR count). The SMILES string of the molecule is CC(=NNc1c(C(C)C)cccc1C(C)C)c1ccccc1. The van der Waals surface area contributed by atoms with Crippen molar-refractivity contribution >= 4 is 11.4 Å². The van der Waals surface area contributed by atoms with Crippen LogP contribution in [0.3, 0.4) is 0 Å². The molecule has 0 amide bonds. The molecule has 0 aliphatic rings. The van der Waals surface area contributed by atoms with Gasteiger partial charge < -0.3 is 0 Å². The molecule has 2 heteroatoms. The van der Waals surface area contributed by atoms with Gasteiger partial charge in [0.15, 0.2) is 0 Å². The summed E-state index contributed by atoms with van der Waals surface area (Å²) in [5, 5.41) is 4.62. The minimum absolute atomic E-state index is 0.466. The molecule has 1 N–H and O–H groups in total. The second kappa shape index (κ2) is 7.26. The molecule has 0 atom stereocenters. The lowest BCUT2D eigenvalue weighted by molar-refractivity contribution is 0.835. The molecule has 0 bridgehead atoms. The van der Waals surface area contributed by atoms with Crippen LogP contribution in [0, 0.1) is 0 Å². The molecule has 0 aromatic heterocycles. The lowest BCUT2D eigenvalue weighted by Gasteiger charge is -2.19. The molecule has 0 saturated heterocycles. The first-order valence-corrected chi connectivity index (χ1v) is 7.99. The van der Waals surface area contributed by atoms with E-state index in [-0.39, 0.29) is 0 Å². The molecule has 0 radical (unpaired) electrons. The molecular weight excluding hydrogens is 268 g/mol. The minimum atomic E-state index is 0.466. The van der Waals surface area contributed by atoms with Gasteiger partial charge in [-0.2, -0.15) is 5.10 Å². The van der Waals surface area contributed by atoms with Gasteiger partial charge in [0.2, 0.25) is 0 Å². The first kappa shape index (κ1) is 16.3. The van der Waals surface area contributed by atoms with Gasteiger partial charge in [-0.1, -0.05) is 76.2 Å². The molecule has 2 nitrogen and oxygen atoms in total. The summed E-state index contributed by atoms with van der Waals surface area (Å²) in [5.74, 6) is 0.932. The van der Waals surface area contributed by atoms with Crippen LogP contribution in [0.5, 0.6) is 0 Å². The summed E-state index contributed by atoms with van der Waals surface area (Å²) in [5.41, 5.74) is 9.25. The van der Waals surface area contributed by atoms with Gasteiger partial charge in [-0.05, 0) is 35.4 Å². The maximum Gasteiger partial charge on any atom is 0.0648 e. The van der Waals surface area contributed by atoms with Gasteiger partial charge in [0, 0.05) is 0 Å². The highest BCUT2D eigenvalue weighted by atomic mass is 15.3. The lowest BCUT2D eigenvalue weighted by Crippen LogP contribution is -2.06. The van der Waals surface area contributed by atoms with E-state index in [9.17, 15) is 0 Å². The predicted octanol–water partition coefficient (Wildman–Crippen LogP) is 5.77. The van der Waals surface area contributed by atoms with Crippen molar-refractivity contribution in [2.24, 2.45) is 5.10 Å². The third-order valence-corrected chi connectivity index (χ3v) is 3.90. The van der Waals surface area contributed by atoms with Gasteiger partial charge in [-0.25, -0.2) is 0 Å². The Bertz CT molecular complexity index is 614. The summed E-state index contributed by atoms with van der Waals surface area (Å²) in [6.07, 6.45) is 0. The molecular formula is C20H26N2. The van der Waals surface area contributed by atoms with Crippen LogP contribution >= 0.6 is 0 Å². The molecule has 116 valence electrons. The maximum absolute atomic E-state index is 4.62. The second-order valence-corrected chi connectivity index (χ2v) is 6.30. The van der Waals surface area contributed by atoms with Gasteiger partial charge in [-0.15, -0.1) is 0 Å². The molecule has 2 aromatic carbocycles. The van der Waals surface area contributed by atoms with Gasteiger partial charge in [0.05, 0.1) is 11.4 Å². The zero-order valence-electron chi connectivity index (χ0n) is 14.2. The summed E-state index contributed by atoms with van der Waals surface area (Å²) in [4.78, 5) is 0. The zero-order valence-corrected chi connectivity index (χ0v) is 14.2. The Balaban J connectivity index is 2.36. The number of para-hydroxylation sites is 1. The summed E-state index contributed by atoms with van der Waals surface area (Å²) >= 11 is 0. The summed E-state index contributed by atoms with van der Waals surface area (Å²) in [7, 11) is 0. The molecule has 2 aromatic rings. The maximum atomic E-state index is 4.62. The quantitative estimate of drug-likeness (QED) is 0.549. The molecule has 0 aliphatic carbocycles. The van der Waals surface area contributed by atoms with Gasteiger partial charge in [-0.3, -0.25) is 5.43 Å². The lowest BCUT2D eigenvalue weighted by atomic mass is 9.93. The third-order valence-electron chi connectivity index (χ3n) is 3.90. The monoisotopic (exact) mass is 294 g/mol. The van der Waals surface area contributed by atoms with Crippen molar-refractivity contribution < 1.29 is 0 Å². The van der Waals surface area contributed by atoms with Crippen molar-refractivity contribution in [3.63, 3.8) is 0 Å². The Kier molecular flexibility index (Phi) is 5.37. The Hall–Kier alpha value is -2.09. The van der Waals surface area contributed by atoms with E-state index in [0.29, 0.717) is 11.8 Å². The molecule has 0 saturated carbocycles. The molecule has 22 heavy (non-hydrogen) atoms. The van der Waals surface area contributed by atoms with Gasteiger partial charge in [0.1, 0.15) is 0 Å². The van der Waals surface area contributed by atoms with E-state index in [2.05, 4.69) is 68.6 Å². The van der Waals surface area contributed by atoms with Crippen molar-refractivity contribution in [1.29, 1.82) is 0 Å². The number of hydrogen-bond donors (Lipinski definition) is 1. The van der Waals surface area contributed by atoms with Crippen LogP contribution in [0.1, 0.15) is 63.1 Å². The van der Waals surface area contributed by atoms with Crippen LogP contribution < -0.4 is 5.43 Å². The predicted molar refractivity (Wildman–Crippen MR) is 96.9 cm³/mol. The number of rotatable bonds is 5. The van der Waals surface area contributed by atoms with Crippen LogP contribution in [0.25, 0.3) is 0 Å². The Morgan fingerprint density at radius 2 is 1.36 bits per heavy atom. The fourth-order valence-electron chi connectivity index (χ4n) is 2.56. The van der Waals surface area contributed by atoms with Gasteiger partial charge >= 0.3 is 0 Å². The topological polar surface area (TPSA) is 24.4 Å². The largest absolute Gasteiger partial charge is 0.278 e. The summed E-state index contributed by atoms with van der Waals surface area (Å²) in [6, 6.07) is 16.8. The fourth-order valence-corrected chi connectivity index (χ4v) is 2.56. The van der Waals surface area contributed by atoms with Crippen molar-refractivity contribution in [2.45, 2.75) is 46.5 Å². The van der Waals surface area contributed by atoms with E-state index in [0.717, 1.165) is 17.0 Å². The van der Waals surface area contributed by atoms with Crippen LogP contribution in [0.15, 0.2) is 53.6 Å². The Labute approximate surface area is 134 Å². The highest BCUT2D eigenvalue weighted by Gasteiger charge is 2.13. The number of nitrogens with one attached hydrogen (secondary N) is 1. The normalized spacial score (nSPS) is 12.0. The average Bonchev–Trinajstić information content (AvgIpc) is 2.52. The van der Waals surface area contributed by atoms with E-state index in [1.54, 1.807) is 0 Å². The first-order valence-electron chi connectivity index (χ1n) is 7.99. The fraction of sp³-hybridized carbons (Fsp3) is 0.350. The minimum Gasteiger partial charge on any atom is -0.278 e. The van der Waals surface area contributed by atoms with E-state index < -0.39 is 0 Å². The second-order valence-electron chi connectivity index (χ2n) is 6.30. The molecule has 0 aliphatic heterocycles. The average molecular weight is 294 g/mol. The number of anilines is 1. The van der Waals surface area contributed by atoms with Crippen LogP contribution in [-0.4, -0.2) is 5.71 Å². The molecule has 0 fully saturated rings. The van der Waals surface area contributed by atoms with Crippen molar-refractivity contribution in [3.05, 3.63) is 65.2 Å². The highest BCUT2D eigenvalue weighted by molar-refractivity contribution is 5.99. The Morgan fingerprint density at radius 3 is 1.86 bits per heavy atom. The number of benzene rings is 2. The number of hydrazone groups is 1. The summed E-state index contributed by atoms with van der Waals surface area (Å²) < 4.78 is 0. The molecule has 0 spiro atoms. The molecule has 0 heterocycles. The first-order chi connectivity index (χ1) is 10.5. The van der Waals surface area contributed by atoms with E-state index in [1.807, 2.05) is 25.1 Å². The van der Waals surface area contributed by atoms with Crippen molar-refractivity contribution in [3.8, 4) is 0 Å². The Morgan fingerprint density at radius 1 is 0.818 bits per heavy atom. The van der Waals surface area contributed by atoms with E-state index >= 15 is 0 Å². The highest BCUT2D eigenvalue weighted by Crippen LogP contribution is 2.32. The smallest absolute Gasteiger partial charge is 0.0648 e. The number of hydrogen-bond acceptors (Lipinski definition) is 2. The van der Waals surface area contributed by atoms with E-state index in [1.165, 1.54) is 11.1 Å². The van der Waals surface area contributed by atoms with Crippen molar-refractivity contribution in [1.82, 2.24) is 0 Å². The number of nitrogens with zero attached hydrogens (tertiary/aromatic N) is 1. The molecule has 0 unspecified atom stereocenters. The van der Waals surface area contributed by atoms with Crippen LogP contribution in [0.2, 0.25) is 0 Å². The zero-order chi connectivity index (χ0) is 16.1. The third kappa shape index (κ3) is 3.76. The standard InChI is InChI=1S/C20H26N2/c1-14(2)18-12-9-13-19(15(3)4)20(18)22-21-16(5)17-10-7-6-8-11-17/h6-15,22H,1-5H3. The van der Waals surface area contributed by atoms with Gasteiger partial charge in [0.25, 0.3) is 0 Å².